The number of benzene rings is 2. The molecular formula is C21H23F2N3O2. The number of halogens is 2. The van der Waals surface area contributed by atoms with E-state index in [1.807, 2.05) is 12.1 Å². The van der Waals surface area contributed by atoms with Gasteiger partial charge in [-0.05, 0) is 30.7 Å². The van der Waals surface area contributed by atoms with Crippen LogP contribution in [-0.4, -0.2) is 55.1 Å². The highest BCUT2D eigenvalue weighted by Crippen LogP contribution is 2.34. The van der Waals surface area contributed by atoms with E-state index in [1.165, 1.54) is 12.1 Å². The Morgan fingerprint density at radius 2 is 1.86 bits per heavy atom. The summed E-state index contributed by atoms with van der Waals surface area (Å²) in [5.41, 5.74) is 1.48. The lowest BCUT2D eigenvalue weighted by atomic mass is 10.0. The van der Waals surface area contributed by atoms with Gasteiger partial charge < -0.3 is 15.0 Å². The minimum Gasteiger partial charge on any atom is -0.379 e. The number of para-hydroxylation sites is 1. The third kappa shape index (κ3) is 3.86. The molecule has 2 aromatic rings. The molecule has 2 aliphatic heterocycles. The van der Waals surface area contributed by atoms with Crippen LogP contribution in [0.25, 0.3) is 0 Å². The van der Waals surface area contributed by atoms with Crippen molar-refractivity contribution in [1.82, 2.24) is 9.80 Å². The van der Waals surface area contributed by atoms with E-state index in [9.17, 15) is 13.6 Å². The third-order valence-corrected chi connectivity index (χ3v) is 5.26. The van der Waals surface area contributed by atoms with Gasteiger partial charge in [0.1, 0.15) is 17.8 Å². The van der Waals surface area contributed by atoms with Crippen molar-refractivity contribution in [3.63, 3.8) is 0 Å². The highest BCUT2D eigenvalue weighted by Gasteiger charge is 2.34. The number of fused-ring (bicyclic) bond motifs is 1. The first-order chi connectivity index (χ1) is 13.6. The molecule has 4 rings (SSSR count). The second kappa shape index (κ2) is 8.24. The zero-order valence-electron chi connectivity index (χ0n) is 15.5. The van der Waals surface area contributed by atoms with Crippen LogP contribution in [0, 0.1) is 11.6 Å². The lowest BCUT2D eigenvalue weighted by Gasteiger charge is -2.38. The molecule has 148 valence electrons. The quantitative estimate of drug-likeness (QED) is 0.856. The fourth-order valence-corrected chi connectivity index (χ4v) is 3.78. The molecule has 1 atom stereocenters. The molecule has 7 heteroatoms. The highest BCUT2D eigenvalue weighted by atomic mass is 19.1. The number of morpholine rings is 1. The first kappa shape index (κ1) is 18.8. The van der Waals surface area contributed by atoms with Crippen LogP contribution < -0.4 is 5.32 Å². The van der Waals surface area contributed by atoms with Crippen LogP contribution in [0.5, 0.6) is 0 Å². The fourth-order valence-electron chi connectivity index (χ4n) is 3.78. The number of carbonyl (C=O) groups excluding carboxylic acids is 1. The molecule has 2 heterocycles. The van der Waals surface area contributed by atoms with E-state index < -0.39 is 17.8 Å². The molecular weight excluding hydrogens is 364 g/mol. The van der Waals surface area contributed by atoms with Crippen molar-refractivity contribution in [1.29, 1.82) is 0 Å². The summed E-state index contributed by atoms with van der Waals surface area (Å²) in [5, 5.41) is 3.25. The van der Waals surface area contributed by atoms with E-state index in [1.54, 1.807) is 17.0 Å². The number of hydrogen-bond donors (Lipinski definition) is 1. The number of ether oxygens (including phenoxy) is 1. The normalized spacial score (nSPS) is 20.0. The van der Waals surface area contributed by atoms with E-state index in [2.05, 4.69) is 10.2 Å². The summed E-state index contributed by atoms with van der Waals surface area (Å²) in [6, 6.07) is 10.7. The molecule has 0 bridgehead atoms. The zero-order chi connectivity index (χ0) is 19.5. The van der Waals surface area contributed by atoms with E-state index in [0.29, 0.717) is 17.8 Å². The summed E-state index contributed by atoms with van der Waals surface area (Å²) in [7, 11) is 0. The van der Waals surface area contributed by atoms with Crippen molar-refractivity contribution in [3.8, 4) is 0 Å². The summed E-state index contributed by atoms with van der Waals surface area (Å²) in [4.78, 5) is 17.1. The SMILES string of the molecule is O=C1c2ccccc2N[C@H](c2ccc(F)cc2F)N1CCCN1CCOCC1. The molecule has 2 aromatic carbocycles. The molecule has 5 nitrogen and oxygen atoms in total. The van der Waals surface area contributed by atoms with Crippen LogP contribution in [0.2, 0.25) is 0 Å². The molecule has 1 amide bonds. The average Bonchev–Trinajstić information content (AvgIpc) is 2.70. The molecule has 28 heavy (non-hydrogen) atoms. The van der Waals surface area contributed by atoms with Crippen molar-refractivity contribution in [2.75, 3.05) is 44.7 Å². The molecule has 0 aliphatic carbocycles. The fraction of sp³-hybridized carbons (Fsp3) is 0.381. The summed E-state index contributed by atoms with van der Waals surface area (Å²) < 4.78 is 33.2. The molecule has 0 unspecified atom stereocenters. The number of hydrogen-bond acceptors (Lipinski definition) is 4. The van der Waals surface area contributed by atoms with Gasteiger partial charge in [0.15, 0.2) is 0 Å². The largest absolute Gasteiger partial charge is 0.379 e. The molecule has 0 aromatic heterocycles. The molecule has 0 spiro atoms. The van der Waals surface area contributed by atoms with Crippen molar-refractivity contribution in [2.45, 2.75) is 12.6 Å². The lowest BCUT2D eigenvalue weighted by Crippen LogP contribution is -2.45. The van der Waals surface area contributed by atoms with Gasteiger partial charge in [0.05, 0.1) is 18.8 Å². The number of nitrogens with one attached hydrogen (secondary N) is 1. The second-order valence-electron chi connectivity index (χ2n) is 7.06. The molecule has 1 N–H and O–H groups in total. The maximum Gasteiger partial charge on any atom is 0.257 e. The van der Waals surface area contributed by atoms with Gasteiger partial charge >= 0.3 is 0 Å². The van der Waals surface area contributed by atoms with Gasteiger partial charge in [-0.2, -0.15) is 0 Å². The van der Waals surface area contributed by atoms with Gasteiger partial charge in [-0.1, -0.05) is 12.1 Å². The topological polar surface area (TPSA) is 44.8 Å². The maximum absolute atomic E-state index is 14.5. The molecule has 2 aliphatic rings. The molecule has 1 saturated heterocycles. The van der Waals surface area contributed by atoms with Crippen LogP contribution >= 0.6 is 0 Å². The lowest BCUT2D eigenvalue weighted by molar-refractivity contribution is 0.0348. The van der Waals surface area contributed by atoms with E-state index in [-0.39, 0.29) is 11.5 Å². The number of carbonyl (C=O) groups is 1. The van der Waals surface area contributed by atoms with E-state index in [0.717, 1.165) is 45.3 Å². The summed E-state index contributed by atoms with van der Waals surface area (Å²) in [6.45, 7) is 4.52. The van der Waals surface area contributed by atoms with Crippen LogP contribution in [0.15, 0.2) is 42.5 Å². The minimum atomic E-state index is -0.673. The van der Waals surface area contributed by atoms with Crippen LogP contribution in [0.3, 0.4) is 0 Å². The van der Waals surface area contributed by atoms with Crippen molar-refractivity contribution in [3.05, 3.63) is 65.2 Å². The predicted molar refractivity (Wildman–Crippen MR) is 102 cm³/mol. The van der Waals surface area contributed by atoms with Gasteiger partial charge in [0.2, 0.25) is 0 Å². The number of rotatable bonds is 5. The van der Waals surface area contributed by atoms with Gasteiger partial charge in [-0.15, -0.1) is 0 Å². The Morgan fingerprint density at radius 1 is 1.07 bits per heavy atom. The highest BCUT2D eigenvalue weighted by molar-refractivity contribution is 6.01. The van der Waals surface area contributed by atoms with Crippen LogP contribution in [0.1, 0.15) is 28.5 Å². The Balaban J connectivity index is 1.57. The maximum atomic E-state index is 14.5. The standard InChI is InChI=1S/C21H23F2N3O2/c22-15-6-7-16(18(23)14-15)20-24-19-5-2-1-4-17(19)21(27)26(20)9-3-8-25-10-12-28-13-11-25/h1-2,4-7,14,20,24H,3,8-13H2/t20-/m0/s1. The summed E-state index contributed by atoms with van der Waals surface area (Å²) in [6.07, 6.45) is 0.0854. The second-order valence-corrected chi connectivity index (χ2v) is 7.06. The van der Waals surface area contributed by atoms with Gasteiger partial charge in [0, 0.05) is 43.5 Å². The predicted octanol–water partition coefficient (Wildman–Crippen LogP) is 3.25. The Bertz CT molecular complexity index is 855. The Hall–Kier alpha value is -2.51. The zero-order valence-corrected chi connectivity index (χ0v) is 15.5. The third-order valence-electron chi connectivity index (χ3n) is 5.26. The number of anilines is 1. The summed E-state index contributed by atoms with van der Waals surface area (Å²) >= 11 is 0. The van der Waals surface area contributed by atoms with Crippen LogP contribution in [-0.2, 0) is 4.74 Å². The van der Waals surface area contributed by atoms with Crippen molar-refractivity contribution < 1.29 is 18.3 Å². The minimum absolute atomic E-state index is 0.148. The van der Waals surface area contributed by atoms with Crippen molar-refractivity contribution in [2.24, 2.45) is 0 Å². The smallest absolute Gasteiger partial charge is 0.257 e. The van der Waals surface area contributed by atoms with Gasteiger partial charge in [-0.25, -0.2) is 8.78 Å². The van der Waals surface area contributed by atoms with E-state index >= 15 is 0 Å². The average molecular weight is 387 g/mol. The molecule has 0 radical (unpaired) electrons. The molecule has 0 saturated carbocycles. The number of nitrogens with zero attached hydrogens (tertiary/aromatic N) is 2. The van der Waals surface area contributed by atoms with Crippen LogP contribution in [0.4, 0.5) is 14.5 Å². The monoisotopic (exact) mass is 387 g/mol. The Labute approximate surface area is 162 Å². The van der Waals surface area contributed by atoms with Gasteiger partial charge in [0.25, 0.3) is 5.91 Å². The summed E-state index contributed by atoms with van der Waals surface area (Å²) in [5.74, 6) is -1.45. The Morgan fingerprint density at radius 3 is 2.64 bits per heavy atom. The first-order valence-corrected chi connectivity index (χ1v) is 9.55. The molecule has 1 fully saturated rings. The van der Waals surface area contributed by atoms with E-state index in [4.69, 9.17) is 4.74 Å². The Kier molecular flexibility index (Phi) is 5.54. The number of amides is 1. The van der Waals surface area contributed by atoms with Crippen molar-refractivity contribution >= 4 is 11.6 Å². The first-order valence-electron chi connectivity index (χ1n) is 9.55. The van der Waals surface area contributed by atoms with Gasteiger partial charge in [-0.3, -0.25) is 9.69 Å².